The Labute approximate surface area is 265 Å². The monoisotopic (exact) mass is 639 g/mol. The van der Waals surface area contributed by atoms with Crippen molar-refractivity contribution in [3.63, 3.8) is 0 Å². The number of carbonyl (C=O) groups is 1. The molecule has 1 N–H and O–H groups in total. The number of carbonyl (C=O) groups excluding carboxylic acids is 1. The van der Waals surface area contributed by atoms with Crippen LogP contribution in [-0.4, -0.2) is 44.9 Å². The molecule has 2 heterocycles. The highest BCUT2D eigenvalue weighted by atomic mass is 35.5. The highest BCUT2D eigenvalue weighted by Gasteiger charge is 2.39. The Morgan fingerprint density at radius 1 is 0.860 bits per heavy atom. The lowest BCUT2D eigenvalue weighted by Gasteiger charge is -2.39. The number of benzene rings is 3. The number of amides is 1. The minimum Gasteiger partial charge on any atom is -0.353 e. The highest BCUT2D eigenvalue weighted by molar-refractivity contribution is 7.92. The molecular formula is C34H39Cl2N3O3S. The third-order valence-electron chi connectivity index (χ3n) is 9.31. The van der Waals surface area contributed by atoms with Gasteiger partial charge in [0.15, 0.2) is 0 Å². The van der Waals surface area contributed by atoms with Gasteiger partial charge in [0.2, 0.25) is 15.9 Å². The van der Waals surface area contributed by atoms with Gasteiger partial charge in [-0.2, -0.15) is 0 Å². The van der Waals surface area contributed by atoms with Gasteiger partial charge < -0.3 is 10.2 Å². The zero-order chi connectivity index (χ0) is 30.0. The maximum Gasteiger partial charge on any atom is 0.239 e. The van der Waals surface area contributed by atoms with Gasteiger partial charge >= 0.3 is 0 Å². The number of nitrogens with one attached hydrogen (secondary N) is 1. The van der Waals surface area contributed by atoms with Crippen LogP contribution in [0.4, 0.5) is 5.69 Å². The largest absolute Gasteiger partial charge is 0.353 e. The summed E-state index contributed by atoms with van der Waals surface area (Å²) >= 11 is 12.3. The molecule has 3 aromatic rings. The van der Waals surface area contributed by atoms with Crippen molar-refractivity contribution in [1.82, 2.24) is 10.2 Å². The van der Waals surface area contributed by atoms with Crippen LogP contribution >= 0.6 is 23.2 Å². The summed E-state index contributed by atoms with van der Waals surface area (Å²) in [6.07, 6.45) is 8.13. The van der Waals surface area contributed by atoms with E-state index in [0.29, 0.717) is 21.3 Å². The minimum absolute atomic E-state index is 0.0425. The zero-order valence-electron chi connectivity index (χ0n) is 24.4. The second-order valence-electron chi connectivity index (χ2n) is 12.2. The molecule has 1 atom stereocenters. The van der Waals surface area contributed by atoms with Crippen molar-refractivity contribution >= 4 is 44.8 Å². The van der Waals surface area contributed by atoms with Crippen LogP contribution in [0.5, 0.6) is 0 Å². The summed E-state index contributed by atoms with van der Waals surface area (Å²) in [5.74, 6) is 0.340. The lowest BCUT2D eigenvalue weighted by Crippen LogP contribution is -2.43. The highest BCUT2D eigenvalue weighted by Crippen LogP contribution is 2.47. The molecule has 0 aromatic heterocycles. The van der Waals surface area contributed by atoms with Gasteiger partial charge in [0.1, 0.15) is 0 Å². The van der Waals surface area contributed by atoms with Crippen LogP contribution in [-0.2, 0) is 20.6 Å². The van der Waals surface area contributed by atoms with Crippen LogP contribution in [0.3, 0.4) is 0 Å². The zero-order valence-corrected chi connectivity index (χ0v) is 26.7. The van der Waals surface area contributed by atoms with Crippen molar-refractivity contribution in [3.05, 3.63) is 87.9 Å². The number of hydrogen-bond donors (Lipinski definition) is 1. The molecule has 9 heteroatoms. The molecule has 0 bridgehead atoms. The third kappa shape index (κ3) is 6.90. The molecular weight excluding hydrogens is 601 g/mol. The molecule has 1 aliphatic carbocycles. The standard InChI is InChI=1S/C34H39Cl2N3O3S/c35-30-16-13-25(21-31(30)36)23-43(41,42)39-32-10-4-3-8-28(32)27-7-1-2-9-29(27)33(39)22-34(40)37-26-14-11-24(12-15-26)17-20-38-18-5-6-19-38/h1-4,7-10,13,16,21,24,26,33H,5-6,11-12,14-15,17-20,22-23H2,(H,37,40). The lowest BCUT2D eigenvalue weighted by atomic mass is 9.83. The first-order valence-electron chi connectivity index (χ1n) is 15.4. The number of rotatable bonds is 9. The normalized spacial score (nSPS) is 22.2. The number of anilines is 1. The van der Waals surface area contributed by atoms with Gasteiger partial charge in [-0.05, 0) is 105 Å². The van der Waals surface area contributed by atoms with Gasteiger partial charge in [0, 0.05) is 11.6 Å². The molecule has 6 rings (SSSR count). The van der Waals surface area contributed by atoms with Crippen LogP contribution < -0.4 is 9.62 Å². The third-order valence-corrected chi connectivity index (χ3v) is 11.8. The summed E-state index contributed by atoms with van der Waals surface area (Å²) in [5, 5.41) is 3.95. The molecule has 1 saturated heterocycles. The quantitative estimate of drug-likeness (QED) is 0.262. The predicted octanol–water partition coefficient (Wildman–Crippen LogP) is 7.60. The number of fused-ring (bicyclic) bond motifs is 3. The summed E-state index contributed by atoms with van der Waals surface area (Å²) in [5.41, 5.74) is 3.74. The smallest absolute Gasteiger partial charge is 0.239 e. The van der Waals surface area contributed by atoms with Crippen molar-refractivity contribution in [1.29, 1.82) is 0 Å². The van der Waals surface area contributed by atoms with E-state index >= 15 is 0 Å². The van der Waals surface area contributed by atoms with E-state index in [1.165, 1.54) is 43.2 Å². The van der Waals surface area contributed by atoms with E-state index in [9.17, 15) is 13.2 Å². The summed E-state index contributed by atoms with van der Waals surface area (Å²) in [6.45, 7) is 3.66. The molecule has 2 aliphatic heterocycles. The fourth-order valence-corrected chi connectivity index (χ4v) is 9.19. The van der Waals surface area contributed by atoms with Crippen molar-refractivity contribution < 1.29 is 13.2 Å². The molecule has 6 nitrogen and oxygen atoms in total. The molecule has 3 aliphatic rings. The van der Waals surface area contributed by atoms with E-state index in [-0.39, 0.29) is 24.1 Å². The summed E-state index contributed by atoms with van der Waals surface area (Å²) in [6, 6.07) is 19.7. The minimum atomic E-state index is -3.92. The Bertz CT molecular complexity index is 1570. The van der Waals surface area contributed by atoms with Gasteiger partial charge in [-0.1, -0.05) is 71.7 Å². The van der Waals surface area contributed by atoms with Crippen LogP contribution in [0.2, 0.25) is 10.0 Å². The SMILES string of the molecule is O=C(CC1c2ccccc2-c2ccccc2N1S(=O)(=O)Cc1ccc(Cl)c(Cl)c1)NC1CCC(CCN2CCCC2)CC1. The van der Waals surface area contributed by atoms with Crippen molar-refractivity contribution in [2.24, 2.45) is 5.92 Å². The maximum atomic E-state index is 14.2. The molecule has 1 amide bonds. The van der Waals surface area contributed by atoms with Gasteiger partial charge in [0.25, 0.3) is 0 Å². The Balaban J connectivity index is 1.20. The average molecular weight is 641 g/mol. The van der Waals surface area contributed by atoms with Gasteiger partial charge in [-0.25, -0.2) is 8.42 Å². The molecule has 0 radical (unpaired) electrons. The second-order valence-corrected chi connectivity index (χ2v) is 14.9. The second kappa shape index (κ2) is 13.2. The number of nitrogens with zero attached hydrogens (tertiary/aromatic N) is 2. The maximum absolute atomic E-state index is 14.2. The van der Waals surface area contributed by atoms with Crippen LogP contribution in [0.1, 0.15) is 68.5 Å². The van der Waals surface area contributed by atoms with Crippen LogP contribution in [0.15, 0.2) is 66.7 Å². The van der Waals surface area contributed by atoms with E-state index in [0.717, 1.165) is 48.3 Å². The Morgan fingerprint density at radius 3 is 2.30 bits per heavy atom. The number of likely N-dealkylation sites (tertiary alicyclic amines) is 1. The fourth-order valence-electron chi connectivity index (χ4n) is 7.10. The molecule has 228 valence electrons. The van der Waals surface area contributed by atoms with Crippen molar-refractivity contribution in [2.75, 3.05) is 23.9 Å². The molecule has 0 spiro atoms. The first-order chi connectivity index (χ1) is 20.8. The van der Waals surface area contributed by atoms with Gasteiger partial charge in [-0.3, -0.25) is 9.10 Å². The number of halogens is 2. The Hall–Kier alpha value is -2.58. The molecule has 2 fully saturated rings. The average Bonchev–Trinajstić information content (AvgIpc) is 3.52. The first-order valence-corrected chi connectivity index (χ1v) is 17.8. The lowest BCUT2D eigenvalue weighted by molar-refractivity contribution is -0.122. The number of sulfonamides is 1. The molecule has 1 unspecified atom stereocenters. The van der Waals surface area contributed by atoms with E-state index < -0.39 is 16.1 Å². The fraction of sp³-hybridized carbons (Fsp3) is 0.441. The molecule has 1 saturated carbocycles. The summed E-state index contributed by atoms with van der Waals surface area (Å²) in [4.78, 5) is 16.2. The van der Waals surface area contributed by atoms with Crippen molar-refractivity contribution in [2.45, 2.75) is 69.2 Å². The number of para-hydroxylation sites is 1. The van der Waals surface area contributed by atoms with Gasteiger partial charge in [-0.15, -0.1) is 0 Å². The van der Waals surface area contributed by atoms with Crippen molar-refractivity contribution in [3.8, 4) is 11.1 Å². The van der Waals surface area contributed by atoms with E-state index in [2.05, 4.69) is 10.2 Å². The van der Waals surface area contributed by atoms with E-state index in [1.54, 1.807) is 18.2 Å². The predicted molar refractivity (Wildman–Crippen MR) is 175 cm³/mol. The van der Waals surface area contributed by atoms with Crippen LogP contribution in [0.25, 0.3) is 11.1 Å². The summed E-state index contributed by atoms with van der Waals surface area (Å²) < 4.78 is 29.9. The van der Waals surface area contributed by atoms with E-state index in [4.69, 9.17) is 23.2 Å². The Kier molecular flexibility index (Phi) is 9.34. The molecule has 3 aromatic carbocycles. The topological polar surface area (TPSA) is 69.7 Å². The number of hydrogen-bond acceptors (Lipinski definition) is 4. The first kappa shape index (κ1) is 30.4. The summed E-state index contributed by atoms with van der Waals surface area (Å²) in [7, 11) is -3.92. The van der Waals surface area contributed by atoms with Gasteiger partial charge in [0.05, 0.1) is 33.9 Å². The Morgan fingerprint density at radius 2 is 1.56 bits per heavy atom. The molecule has 43 heavy (non-hydrogen) atoms. The van der Waals surface area contributed by atoms with Crippen LogP contribution in [0, 0.1) is 5.92 Å². The van der Waals surface area contributed by atoms with E-state index in [1.807, 2.05) is 48.5 Å².